The first-order valence-electron chi connectivity index (χ1n) is 8.99. The Hall–Kier alpha value is -2.74. The topological polar surface area (TPSA) is 64.6 Å². The normalized spacial score (nSPS) is 14.7. The number of nitrogens with one attached hydrogen (secondary N) is 1. The summed E-state index contributed by atoms with van der Waals surface area (Å²) in [5.74, 6) is 1.37. The first-order chi connectivity index (χ1) is 13.0. The highest BCUT2D eigenvalue weighted by molar-refractivity contribution is 5.82. The predicted molar refractivity (Wildman–Crippen MR) is 103 cm³/mol. The van der Waals surface area contributed by atoms with E-state index in [0.717, 1.165) is 43.4 Å². The minimum absolute atomic E-state index is 0.0942. The quantitative estimate of drug-likeness (QED) is 0.794. The molecule has 2 aromatic rings. The van der Waals surface area contributed by atoms with Gasteiger partial charge in [-0.2, -0.15) is 0 Å². The van der Waals surface area contributed by atoms with E-state index in [2.05, 4.69) is 20.2 Å². The monoisotopic (exact) mass is 372 g/mol. The molecule has 0 bridgehead atoms. The van der Waals surface area contributed by atoms with Crippen molar-refractivity contribution in [2.75, 3.05) is 57.0 Å². The van der Waals surface area contributed by atoms with Crippen molar-refractivity contribution in [3.63, 3.8) is 0 Å². The number of likely N-dealkylation sites (N-methyl/N-ethyl adjacent to an activating group) is 2. The molecule has 27 heavy (non-hydrogen) atoms. The zero-order chi connectivity index (χ0) is 19.2. The molecule has 1 aromatic carbocycles. The fourth-order valence-corrected chi connectivity index (χ4v) is 2.93. The Labute approximate surface area is 158 Å². The SMILES string of the molecule is CN(CCNc1cc(N2CCN(C)C(=O)C2)ncn1)Cc1ccc(F)cc1. The van der Waals surface area contributed by atoms with E-state index in [1.54, 1.807) is 17.0 Å². The molecule has 1 fully saturated rings. The maximum Gasteiger partial charge on any atom is 0.241 e. The fraction of sp³-hybridized carbons (Fsp3) is 0.421. The maximum absolute atomic E-state index is 13.0. The van der Waals surface area contributed by atoms with E-state index in [1.165, 1.54) is 18.5 Å². The van der Waals surface area contributed by atoms with Crippen LogP contribution in [-0.2, 0) is 11.3 Å². The van der Waals surface area contributed by atoms with E-state index in [0.29, 0.717) is 13.1 Å². The zero-order valence-electron chi connectivity index (χ0n) is 15.7. The molecule has 0 saturated carbocycles. The lowest BCUT2D eigenvalue weighted by atomic mass is 10.2. The number of carbonyl (C=O) groups is 1. The van der Waals surface area contributed by atoms with Crippen molar-refractivity contribution in [1.82, 2.24) is 19.8 Å². The van der Waals surface area contributed by atoms with Gasteiger partial charge in [-0.05, 0) is 24.7 Å². The van der Waals surface area contributed by atoms with Gasteiger partial charge in [0.15, 0.2) is 0 Å². The summed E-state index contributed by atoms with van der Waals surface area (Å²) in [6, 6.07) is 8.43. The largest absolute Gasteiger partial charge is 0.369 e. The molecule has 0 atom stereocenters. The fourth-order valence-electron chi connectivity index (χ4n) is 2.93. The summed E-state index contributed by atoms with van der Waals surface area (Å²) < 4.78 is 13.0. The molecule has 1 saturated heterocycles. The van der Waals surface area contributed by atoms with Crippen molar-refractivity contribution in [3.8, 4) is 0 Å². The van der Waals surface area contributed by atoms with E-state index in [1.807, 2.05) is 25.1 Å². The minimum Gasteiger partial charge on any atom is -0.369 e. The Morgan fingerprint density at radius 2 is 2.00 bits per heavy atom. The maximum atomic E-state index is 13.0. The van der Waals surface area contributed by atoms with E-state index in [9.17, 15) is 9.18 Å². The van der Waals surface area contributed by atoms with Crippen LogP contribution < -0.4 is 10.2 Å². The number of anilines is 2. The van der Waals surface area contributed by atoms with Crippen LogP contribution in [-0.4, -0.2) is 72.5 Å². The van der Waals surface area contributed by atoms with E-state index in [4.69, 9.17) is 0 Å². The van der Waals surface area contributed by atoms with Gasteiger partial charge in [0.1, 0.15) is 23.8 Å². The third-order valence-corrected chi connectivity index (χ3v) is 4.60. The molecule has 0 radical (unpaired) electrons. The molecule has 0 unspecified atom stereocenters. The van der Waals surface area contributed by atoms with Crippen molar-refractivity contribution in [3.05, 3.63) is 48.0 Å². The molecule has 0 aliphatic carbocycles. The number of hydrogen-bond acceptors (Lipinski definition) is 6. The number of nitrogens with zero attached hydrogens (tertiary/aromatic N) is 5. The average molecular weight is 372 g/mol. The number of carbonyl (C=O) groups excluding carboxylic acids is 1. The van der Waals surface area contributed by atoms with Crippen LogP contribution in [0.5, 0.6) is 0 Å². The van der Waals surface area contributed by atoms with Crippen molar-refractivity contribution >= 4 is 17.5 Å². The van der Waals surface area contributed by atoms with Gasteiger partial charge in [0.05, 0.1) is 6.54 Å². The lowest BCUT2D eigenvalue weighted by Gasteiger charge is -2.32. The number of hydrogen-bond donors (Lipinski definition) is 1. The summed E-state index contributed by atoms with van der Waals surface area (Å²) in [7, 11) is 3.83. The van der Waals surface area contributed by atoms with Crippen LogP contribution in [0.1, 0.15) is 5.56 Å². The molecule has 0 spiro atoms. The number of benzene rings is 1. The first-order valence-corrected chi connectivity index (χ1v) is 8.99. The standard InChI is InChI=1S/C19H25FN6O/c1-24(12-15-3-5-16(20)6-4-15)8-7-21-17-11-18(23-14-22-17)26-10-9-25(2)19(27)13-26/h3-6,11,14H,7-10,12-13H2,1-2H3,(H,21,22,23). The lowest BCUT2D eigenvalue weighted by molar-refractivity contribution is -0.129. The summed E-state index contributed by atoms with van der Waals surface area (Å²) in [6.45, 7) is 4.08. The van der Waals surface area contributed by atoms with Crippen LogP contribution >= 0.6 is 0 Å². The first kappa shape index (κ1) is 19.0. The van der Waals surface area contributed by atoms with Crippen LogP contribution in [0.25, 0.3) is 0 Å². The van der Waals surface area contributed by atoms with Gasteiger partial charge in [-0.25, -0.2) is 14.4 Å². The van der Waals surface area contributed by atoms with Gasteiger partial charge in [0, 0.05) is 45.8 Å². The van der Waals surface area contributed by atoms with Gasteiger partial charge in [-0.1, -0.05) is 12.1 Å². The molecular weight excluding hydrogens is 347 g/mol. The minimum atomic E-state index is -0.218. The molecule has 1 amide bonds. The van der Waals surface area contributed by atoms with Gasteiger partial charge in [0.2, 0.25) is 5.91 Å². The van der Waals surface area contributed by atoms with E-state index in [-0.39, 0.29) is 11.7 Å². The van der Waals surface area contributed by atoms with Crippen LogP contribution in [0, 0.1) is 5.82 Å². The van der Waals surface area contributed by atoms with Crippen LogP contribution in [0.15, 0.2) is 36.7 Å². The number of amides is 1. The average Bonchev–Trinajstić information content (AvgIpc) is 2.66. The van der Waals surface area contributed by atoms with Crippen molar-refractivity contribution in [1.29, 1.82) is 0 Å². The highest BCUT2D eigenvalue weighted by Crippen LogP contribution is 2.16. The van der Waals surface area contributed by atoms with Crippen molar-refractivity contribution in [2.45, 2.75) is 6.54 Å². The highest BCUT2D eigenvalue weighted by Gasteiger charge is 2.22. The van der Waals surface area contributed by atoms with Gasteiger partial charge in [-0.3, -0.25) is 4.79 Å². The Morgan fingerprint density at radius 3 is 2.74 bits per heavy atom. The third-order valence-electron chi connectivity index (χ3n) is 4.60. The number of piperazine rings is 1. The smallest absolute Gasteiger partial charge is 0.241 e. The summed E-state index contributed by atoms with van der Waals surface area (Å²) in [5, 5.41) is 3.30. The molecule has 1 aliphatic rings. The number of halogens is 1. The second kappa shape index (κ2) is 8.77. The summed E-state index contributed by atoms with van der Waals surface area (Å²) in [6.07, 6.45) is 1.52. The van der Waals surface area contributed by atoms with Crippen LogP contribution in [0.4, 0.5) is 16.0 Å². The summed E-state index contributed by atoms with van der Waals surface area (Å²) in [4.78, 5) is 26.3. The second-order valence-electron chi connectivity index (χ2n) is 6.79. The Morgan fingerprint density at radius 1 is 1.22 bits per heavy atom. The molecule has 1 N–H and O–H groups in total. The highest BCUT2D eigenvalue weighted by atomic mass is 19.1. The van der Waals surface area contributed by atoms with Crippen molar-refractivity contribution in [2.24, 2.45) is 0 Å². The predicted octanol–water partition coefficient (Wildman–Crippen LogP) is 1.44. The summed E-state index contributed by atoms with van der Waals surface area (Å²) >= 11 is 0. The van der Waals surface area contributed by atoms with Crippen molar-refractivity contribution < 1.29 is 9.18 Å². The Balaban J connectivity index is 1.48. The van der Waals surface area contributed by atoms with Gasteiger partial charge in [-0.15, -0.1) is 0 Å². The van der Waals surface area contributed by atoms with E-state index >= 15 is 0 Å². The van der Waals surface area contributed by atoms with Crippen LogP contribution in [0.2, 0.25) is 0 Å². The Kier molecular flexibility index (Phi) is 6.18. The van der Waals surface area contributed by atoms with E-state index < -0.39 is 0 Å². The molecule has 144 valence electrons. The van der Waals surface area contributed by atoms with Gasteiger partial charge >= 0.3 is 0 Å². The summed E-state index contributed by atoms with van der Waals surface area (Å²) in [5.41, 5.74) is 1.07. The third kappa shape index (κ3) is 5.37. The molecule has 8 heteroatoms. The molecule has 1 aliphatic heterocycles. The van der Waals surface area contributed by atoms with Crippen LogP contribution in [0.3, 0.4) is 0 Å². The lowest BCUT2D eigenvalue weighted by Crippen LogP contribution is -2.48. The molecule has 1 aromatic heterocycles. The molecule has 7 nitrogen and oxygen atoms in total. The Bertz CT molecular complexity index is 769. The number of aromatic nitrogens is 2. The second-order valence-corrected chi connectivity index (χ2v) is 6.79. The molecular formula is C19H25FN6O. The number of rotatable bonds is 7. The van der Waals surface area contributed by atoms with Gasteiger partial charge < -0.3 is 20.0 Å². The van der Waals surface area contributed by atoms with Gasteiger partial charge in [0.25, 0.3) is 0 Å². The molecule has 2 heterocycles. The molecule has 3 rings (SSSR count). The zero-order valence-corrected chi connectivity index (χ0v) is 15.7.